The second-order valence-electron chi connectivity index (χ2n) is 1.45. The molecule has 0 bridgehead atoms. The van der Waals surface area contributed by atoms with Gasteiger partial charge in [0, 0.05) is 0 Å². The van der Waals surface area contributed by atoms with Crippen LogP contribution >= 0.6 is 23.2 Å². The van der Waals surface area contributed by atoms with E-state index in [0.717, 1.165) is 0 Å². The summed E-state index contributed by atoms with van der Waals surface area (Å²) < 4.78 is 61.1. The SMILES string of the molecule is O=S(=O)(F)C(F)(Cl)C(F)(F)Cl. The third kappa shape index (κ3) is 2.09. The molecule has 11 heavy (non-hydrogen) atoms. The van der Waals surface area contributed by atoms with E-state index in [9.17, 15) is 25.5 Å². The van der Waals surface area contributed by atoms with Crippen molar-refractivity contribution in [1.82, 2.24) is 0 Å². The van der Waals surface area contributed by atoms with Gasteiger partial charge in [0.2, 0.25) is 0 Å². The first-order chi connectivity index (χ1) is 4.50. The molecule has 0 spiro atoms. The molecule has 0 radical (unpaired) electrons. The van der Waals surface area contributed by atoms with Gasteiger partial charge in [-0.15, -0.1) is 3.89 Å². The fourth-order valence-electron chi connectivity index (χ4n) is 0.138. The number of rotatable bonds is 2. The minimum atomic E-state index is -6.24. The average Bonchev–Trinajstić information content (AvgIpc) is 1.58. The Labute approximate surface area is 69.3 Å². The van der Waals surface area contributed by atoms with Gasteiger partial charge in [-0.2, -0.15) is 21.6 Å². The van der Waals surface area contributed by atoms with E-state index in [1.54, 1.807) is 0 Å². The maximum Gasteiger partial charge on any atom is 0.389 e. The molecular formula is C2Cl2F4O2S. The molecule has 0 aromatic carbocycles. The molecule has 9 heteroatoms. The van der Waals surface area contributed by atoms with Crippen LogP contribution in [0.4, 0.5) is 17.1 Å². The van der Waals surface area contributed by atoms with Crippen molar-refractivity contribution in [2.45, 2.75) is 9.84 Å². The van der Waals surface area contributed by atoms with Crippen LogP contribution < -0.4 is 0 Å². The lowest BCUT2D eigenvalue weighted by atomic mass is 10.8. The monoisotopic (exact) mass is 234 g/mol. The molecular weight excluding hydrogens is 235 g/mol. The third-order valence-corrected chi connectivity index (χ3v) is 2.76. The molecule has 0 rings (SSSR count). The molecule has 0 saturated carbocycles. The fourth-order valence-corrected chi connectivity index (χ4v) is 0.691. The molecule has 0 N–H and O–H groups in total. The lowest BCUT2D eigenvalue weighted by Gasteiger charge is -2.17. The highest BCUT2D eigenvalue weighted by atomic mass is 35.5. The van der Waals surface area contributed by atoms with Gasteiger partial charge < -0.3 is 0 Å². The van der Waals surface area contributed by atoms with Crippen LogP contribution in [0.25, 0.3) is 0 Å². The van der Waals surface area contributed by atoms with E-state index in [2.05, 4.69) is 23.2 Å². The van der Waals surface area contributed by atoms with E-state index in [-0.39, 0.29) is 0 Å². The van der Waals surface area contributed by atoms with Crippen LogP contribution in [0.5, 0.6) is 0 Å². The van der Waals surface area contributed by atoms with Crippen molar-refractivity contribution in [2.75, 3.05) is 0 Å². The Bertz CT molecular complexity index is 241. The zero-order valence-corrected chi connectivity index (χ0v) is 6.82. The highest BCUT2D eigenvalue weighted by Crippen LogP contribution is 2.44. The standard InChI is InChI=1S/C2Cl2F4O2S/c3-1(5,6)2(4,7)11(8,9)10. The van der Waals surface area contributed by atoms with Crippen LogP contribution in [0.3, 0.4) is 0 Å². The number of hydrogen-bond donors (Lipinski definition) is 0. The van der Waals surface area contributed by atoms with Gasteiger partial charge in [-0.1, -0.05) is 11.6 Å². The lowest BCUT2D eigenvalue weighted by Crippen LogP contribution is -2.39. The summed E-state index contributed by atoms with van der Waals surface area (Å²) in [6.07, 6.45) is 0. The molecule has 0 amide bonds. The van der Waals surface area contributed by atoms with Gasteiger partial charge >= 0.3 is 20.1 Å². The fraction of sp³-hybridized carbons (Fsp3) is 1.00. The van der Waals surface area contributed by atoms with Crippen LogP contribution in [-0.2, 0) is 10.2 Å². The predicted octanol–water partition coefficient (Wildman–Crippen LogP) is 1.98. The molecule has 0 aromatic heterocycles. The van der Waals surface area contributed by atoms with Gasteiger partial charge in [-0.25, -0.2) is 0 Å². The summed E-state index contributed by atoms with van der Waals surface area (Å²) in [5.41, 5.74) is 0. The molecule has 0 aliphatic heterocycles. The van der Waals surface area contributed by atoms with Crippen LogP contribution in [0.1, 0.15) is 0 Å². The zero-order chi connectivity index (χ0) is 9.50. The van der Waals surface area contributed by atoms with Gasteiger partial charge in [0.05, 0.1) is 0 Å². The highest BCUT2D eigenvalue weighted by Gasteiger charge is 2.63. The Morgan fingerprint density at radius 2 is 1.36 bits per heavy atom. The van der Waals surface area contributed by atoms with Gasteiger partial charge in [0.1, 0.15) is 0 Å². The lowest BCUT2D eigenvalue weighted by molar-refractivity contribution is 0.0210. The van der Waals surface area contributed by atoms with Crippen LogP contribution in [-0.4, -0.2) is 18.3 Å². The van der Waals surface area contributed by atoms with Gasteiger partial charge in [0.25, 0.3) is 0 Å². The molecule has 0 heterocycles. The van der Waals surface area contributed by atoms with Crippen molar-refractivity contribution in [2.24, 2.45) is 0 Å². The Balaban J connectivity index is 5.08. The van der Waals surface area contributed by atoms with Crippen LogP contribution in [0.2, 0.25) is 0 Å². The average molecular weight is 235 g/mol. The summed E-state index contributed by atoms with van der Waals surface area (Å²) in [6.45, 7) is 0. The smallest absolute Gasteiger partial charge is 0.197 e. The number of halogens is 6. The minimum Gasteiger partial charge on any atom is -0.197 e. The Morgan fingerprint density at radius 1 is 1.09 bits per heavy atom. The van der Waals surface area contributed by atoms with Crippen molar-refractivity contribution in [1.29, 1.82) is 0 Å². The predicted molar refractivity (Wildman–Crippen MR) is 30.5 cm³/mol. The summed E-state index contributed by atoms with van der Waals surface area (Å²) in [4.78, 5) is 0. The maximum atomic E-state index is 12.0. The summed E-state index contributed by atoms with van der Waals surface area (Å²) in [5.74, 6) is 0. The first-order valence-corrected chi connectivity index (χ1v) is 4.03. The molecule has 2 nitrogen and oxygen atoms in total. The topological polar surface area (TPSA) is 34.1 Å². The van der Waals surface area contributed by atoms with E-state index in [1.807, 2.05) is 0 Å². The first-order valence-electron chi connectivity index (χ1n) is 1.89. The maximum absolute atomic E-state index is 12.0. The van der Waals surface area contributed by atoms with E-state index in [4.69, 9.17) is 0 Å². The van der Waals surface area contributed by atoms with Gasteiger partial charge in [0.15, 0.2) is 0 Å². The first kappa shape index (κ1) is 11.2. The van der Waals surface area contributed by atoms with Crippen LogP contribution in [0, 0.1) is 0 Å². The van der Waals surface area contributed by atoms with E-state index in [1.165, 1.54) is 0 Å². The second kappa shape index (κ2) is 2.63. The minimum absolute atomic E-state index is 3.85. The Hall–Kier alpha value is 0.250. The molecule has 68 valence electrons. The largest absolute Gasteiger partial charge is 0.389 e. The summed E-state index contributed by atoms with van der Waals surface area (Å²) in [6, 6.07) is 0. The third-order valence-electron chi connectivity index (χ3n) is 0.636. The zero-order valence-electron chi connectivity index (χ0n) is 4.49. The molecule has 0 saturated heterocycles. The second-order valence-corrected chi connectivity index (χ2v) is 4.11. The highest BCUT2D eigenvalue weighted by molar-refractivity contribution is 7.89. The molecule has 0 aromatic rings. The van der Waals surface area contributed by atoms with Crippen LogP contribution in [0.15, 0.2) is 0 Å². The van der Waals surface area contributed by atoms with Gasteiger partial charge in [-0.05, 0) is 11.6 Å². The number of hydrogen-bond acceptors (Lipinski definition) is 2. The van der Waals surface area contributed by atoms with Crippen molar-refractivity contribution in [3.05, 3.63) is 0 Å². The van der Waals surface area contributed by atoms with Crippen molar-refractivity contribution >= 4 is 33.4 Å². The Morgan fingerprint density at radius 3 is 1.36 bits per heavy atom. The van der Waals surface area contributed by atoms with E-state index < -0.39 is 20.1 Å². The number of alkyl halides is 5. The quantitative estimate of drug-likeness (QED) is 0.416. The van der Waals surface area contributed by atoms with Crippen molar-refractivity contribution in [3.8, 4) is 0 Å². The van der Waals surface area contributed by atoms with Gasteiger partial charge in [-0.3, -0.25) is 0 Å². The summed E-state index contributed by atoms with van der Waals surface area (Å²) in [5, 5.41) is -5.01. The van der Waals surface area contributed by atoms with E-state index in [0.29, 0.717) is 0 Å². The summed E-state index contributed by atoms with van der Waals surface area (Å²) in [7, 11) is -6.24. The Kier molecular flexibility index (Phi) is 2.69. The summed E-state index contributed by atoms with van der Waals surface area (Å²) >= 11 is 7.83. The normalized spacial score (nSPS) is 19.5. The molecule has 1 unspecified atom stereocenters. The molecule has 1 atom stereocenters. The molecule has 0 fully saturated rings. The molecule has 0 aliphatic rings. The van der Waals surface area contributed by atoms with Crippen molar-refractivity contribution < 1.29 is 25.5 Å². The van der Waals surface area contributed by atoms with E-state index >= 15 is 0 Å². The van der Waals surface area contributed by atoms with Crippen molar-refractivity contribution in [3.63, 3.8) is 0 Å². The molecule has 0 aliphatic carbocycles.